The maximum absolute atomic E-state index is 13.8. The van der Waals surface area contributed by atoms with Crippen LogP contribution in [-0.2, 0) is 0 Å². The fraction of sp³-hybridized carbons (Fsp3) is 0.444. The first-order valence-electron chi connectivity index (χ1n) is 8.36. The molecule has 0 aliphatic carbocycles. The number of aliphatic hydroxyl groups excluding tert-OH is 1. The fourth-order valence-electron chi connectivity index (χ4n) is 2.99. The molecule has 0 bridgehead atoms. The second kappa shape index (κ2) is 7.76. The summed E-state index contributed by atoms with van der Waals surface area (Å²) in [6.45, 7) is 5.32. The summed E-state index contributed by atoms with van der Waals surface area (Å²) >= 11 is 0. The number of nitrogens with zero attached hydrogens (tertiary/aromatic N) is 4. The Morgan fingerprint density at radius 3 is 2.60 bits per heavy atom. The lowest BCUT2D eigenvalue weighted by atomic mass is 10.1. The summed E-state index contributed by atoms with van der Waals surface area (Å²) in [4.78, 5) is 13.1. The van der Waals surface area contributed by atoms with Crippen LogP contribution in [0.1, 0.15) is 17.4 Å². The highest BCUT2D eigenvalue weighted by molar-refractivity contribution is 5.35. The average molecular weight is 346 g/mol. The van der Waals surface area contributed by atoms with E-state index in [1.54, 1.807) is 31.4 Å². The third-order valence-electron chi connectivity index (χ3n) is 4.38. The summed E-state index contributed by atoms with van der Waals surface area (Å²) in [6, 6.07) is 8.16. The zero-order chi connectivity index (χ0) is 17.8. The van der Waals surface area contributed by atoms with Crippen molar-refractivity contribution < 1.29 is 14.2 Å². The maximum atomic E-state index is 13.8. The minimum absolute atomic E-state index is 0.344. The number of methoxy groups -OCH3 is 1. The van der Waals surface area contributed by atoms with E-state index in [9.17, 15) is 9.50 Å². The molecule has 2 heterocycles. The zero-order valence-corrected chi connectivity index (χ0v) is 14.5. The minimum atomic E-state index is -0.830. The highest BCUT2D eigenvalue weighted by Gasteiger charge is 2.23. The number of benzene rings is 1. The van der Waals surface area contributed by atoms with Crippen LogP contribution in [0, 0.1) is 12.7 Å². The summed E-state index contributed by atoms with van der Waals surface area (Å²) in [5, 5.41) is 10.3. The molecule has 134 valence electrons. The molecule has 1 aliphatic rings. The van der Waals surface area contributed by atoms with E-state index < -0.39 is 6.10 Å². The monoisotopic (exact) mass is 346 g/mol. The number of rotatable bonds is 5. The van der Waals surface area contributed by atoms with Crippen LogP contribution in [0.25, 0.3) is 0 Å². The quantitative estimate of drug-likeness (QED) is 0.891. The van der Waals surface area contributed by atoms with Gasteiger partial charge in [0.1, 0.15) is 5.82 Å². The molecule has 0 spiro atoms. The number of halogens is 1. The van der Waals surface area contributed by atoms with Gasteiger partial charge in [0.05, 0.1) is 13.2 Å². The van der Waals surface area contributed by atoms with Gasteiger partial charge in [-0.25, -0.2) is 9.37 Å². The van der Waals surface area contributed by atoms with Gasteiger partial charge in [0.2, 0.25) is 11.8 Å². The van der Waals surface area contributed by atoms with E-state index in [2.05, 4.69) is 19.8 Å². The van der Waals surface area contributed by atoms with E-state index in [1.807, 2.05) is 6.92 Å². The fourth-order valence-corrected chi connectivity index (χ4v) is 2.99. The molecule has 1 aromatic carbocycles. The number of aryl methyl sites for hydroxylation is 1. The molecule has 3 rings (SSSR count). The molecule has 1 N–H and O–H groups in total. The van der Waals surface area contributed by atoms with Gasteiger partial charge in [-0.1, -0.05) is 18.2 Å². The molecule has 2 aromatic rings. The molecule has 1 aliphatic heterocycles. The number of hydrogen-bond donors (Lipinski definition) is 1. The van der Waals surface area contributed by atoms with Crippen LogP contribution in [0.3, 0.4) is 0 Å². The number of β-amino-alcohol motifs (C(OH)–C–C–N with tert-alkyl or cyclic N) is 1. The third kappa shape index (κ3) is 4.24. The van der Waals surface area contributed by atoms with E-state index in [-0.39, 0.29) is 5.82 Å². The largest absolute Gasteiger partial charge is 0.481 e. The van der Waals surface area contributed by atoms with Crippen LogP contribution in [0.2, 0.25) is 0 Å². The molecular weight excluding hydrogens is 323 g/mol. The smallest absolute Gasteiger partial charge is 0.228 e. The summed E-state index contributed by atoms with van der Waals surface area (Å²) in [7, 11) is 1.59. The summed E-state index contributed by atoms with van der Waals surface area (Å²) in [5.41, 5.74) is 1.20. The number of hydrogen-bond acceptors (Lipinski definition) is 6. The number of ether oxygens (including phenoxy) is 1. The molecular formula is C18H23FN4O2. The van der Waals surface area contributed by atoms with Gasteiger partial charge < -0.3 is 14.7 Å². The highest BCUT2D eigenvalue weighted by Crippen LogP contribution is 2.20. The second-order valence-corrected chi connectivity index (χ2v) is 6.18. The molecule has 1 fully saturated rings. The molecule has 0 amide bonds. The number of aromatic nitrogens is 2. The van der Waals surface area contributed by atoms with Gasteiger partial charge in [-0.2, -0.15) is 4.98 Å². The number of aliphatic hydroxyl groups is 1. The predicted molar refractivity (Wildman–Crippen MR) is 93.3 cm³/mol. The lowest BCUT2D eigenvalue weighted by Gasteiger charge is -2.35. The molecule has 1 saturated heterocycles. The van der Waals surface area contributed by atoms with Crippen molar-refractivity contribution in [3.8, 4) is 5.88 Å². The van der Waals surface area contributed by atoms with Crippen molar-refractivity contribution in [2.45, 2.75) is 13.0 Å². The van der Waals surface area contributed by atoms with Gasteiger partial charge >= 0.3 is 0 Å². The van der Waals surface area contributed by atoms with Crippen molar-refractivity contribution in [2.24, 2.45) is 0 Å². The molecule has 25 heavy (non-hydrogen) atoms. The van der Waals surface area contributed by atoms with E-state index in [0.29, 0.717) is 23.9 Å². The molecule has 1 aromatic heterocycles. The van der Waals surface area contributed by atoms with E-state index in [0.717, 1.165) is 31.9 Å². The van der Waals surface area contributed by atoms with Gasteiger partial charge in [0.25, 0.3) is 0 Å². The second-order valence-electron chi connectivity index (χ2n) is 6.18. The van der Waals surface area contributed by atoms with Crippen LogP contribution >= 0.6 is 0 Å². The summed E-state index contributed by atoms with van der Waals surface area (Å²) < 4.78 is 19.0. The van der Waals surface area contributed by atoms with Crippen molar-refractivity contribution >= 4 is 5.95 Å². The minimum Gasteiger partial charge on any atom is -0.481 e. The first kappa shape index (κ1) is 17.6. The van der Waals surface area contributed by atoms with Crippen molar-refractivity contribution in [3.63, 3.8) is 0 Å². The lowest BCUT2D eigenvalue weighted by molar-refractivity contribution is 0.106. The van der Waals surface area contributed by atoms with Gasteiger partial charge in [0, 0.05) is 50.0 Å². The molecule has 1 atom stereocenters. The van der Waals surface area contributed by atoms with Crippen molar-refractivity contribution in [3.05, 3.63) is 47.4 Å². The Morgan fingerprint density at radius 2 is 1.92 bits per heavy atom. The zero-order valence-electron chi connectivity index (χ0n) is 14.5. The van der Waals surface area contributed by atoms with Gasteiger partial charge in [0.15, 0.2) is 0 Å². The molecule has 0 saturated carbocycles. The van der Waals surface area contributed by atoms with Crippen LogP contribution < -0.4 is 9.64 Å². The molecule has 7 heteroatoms. The molecule has 0 unspecified atom stereocenters. The molecule has 0 radical (unpaired) electrons. The Morgan fingerprint density at radius 1 is 1.20 bits per heavy atom. The SMILES string of the molecule is COc1cc(C)nc(N2CCN(C[C@@H](O)c3ccccc3F)CC2)n1. The van der Waals surface area contributed by atoms with Crippen molar-refractivity contribution in [1.82, 2.24) is 14.9 Å². The highest BCUT2D eigenvalue weighted by atomic mass is 19.1. The van der Waals surface area contributed by atoms with Crippen LogP contribution in [0.15, 0.2) is 30.3 Å². The van der Waals surface area contributed by atoms with Crippen molar-refractivity contribution in [2.75, 3.05) is 44.7 Å². The third-order valence-corrected chi connectivity index (χ3v) is 4.38. The first-order chi connectivity index (χ1) is 12.1. The van der Waals surface area contributed by atoms with Crippen LogP contribution in [0.4, 0.5) is 10.3 Å². The van der Waals surface area contributed by atoms with Gasteiger partial charge in [-0.05, 0) is 13.0 Å². The van der Waals surface area contributed by atoms with E-state index in [4.69, 9.17) is 4.74 Å². The van der Waals surface area contributed by atoms with E-state index >= 15 is 0 Å². The lowest BCUT2D eigenvalue weighted by Crippen LogP contribution is -2.48. The molecule has 6 nitrogen and oxygen atoms in total. The predicted octanol–water partition coefficient (Wildman–Crippen LogP) is 1.79. The number of anilines is 1. The first-order valence-corrected chi connectivity index (χ1v) is 8.36. The summed E-state index contributed by atoms with van der Waals surface area (Å²) in [5.74, 6) is 0.847. The average Bonchev–Trinajstić information content (AvgIpc) is 2.62. The van der Waals surface area contributed by atoms with Gasteiger partial charge in [-0.3, -0.25) is 4.90 Å². The van der Waals surface area contributed by atoms with Crippen LogP contribution in [-0.4, -0.2) is 59.8 Å². The van der Waals surface area contributed by atoms with E-state index in [1.165, 1.54) is 6.07 Å². The van der Waals surface area contributed by atoms with Crippen molar-refractivity contribution in [1.29, 1.82) is 0 Å². The topological polar surface area (TPSA) is 61.7 Å². The van der Waals surface area contributed by atoms with Gasteiger partial charge in [-0.15, -0.1) is 0 Å². The normalized spacial score (nSPS) is 16.7. The number of piperazine rings is 1. The standard InChI is InChI=1S/C18H23FN4O2/c1-13-11-17(25-2)21-18(20-13)23-9-7-22(8-10-23)12-16(24)14-5-3-4-6-15(14)19/h3-6,11,16,24H,7-10,12H2,1-2H3/t16-/m1/s1. The summed E-state index contributed by atoms with van der Waals surface area (Å²) in [6.07, 6.45) is -0.830. The Hall–Kier alpha value is -2.25. The Kier molecular flexibility index (Phi) is 5.45. The Bertz CT molecular complexity index is 720. The maximum Gasteiger partial charge on any atom is 0.228 e. The van der Waals surface area contributed by atoms with Crippen LogP contribution in [0.5, 0.6) is 5.88 Å². The Labute approximate surface area is 146 Å². The Balaban J connectivity index is 1.59.